The molecule has 0 bridgehead atoms. The zero-order valence-electron chi connectivity index (χ0n) is 20.5. The molecular weight excluding hydrogens is 444 g/mol. The van der Waals surface area contributed by atoms with Crippen LogP contribution in [-0.4, -0.2) is 41.3 Å². The van der Waals surface area contributed by atoms with Gasteiger partial charge in [-0.1, -0.05) is 62.4 Å². The first-order valence-electron chi connectivity index (χ1n) is 12.3. The third kappa shape index (κ3) is 5.66. The number of carbonyl (C=O) groups is 3. The fraction of sp³-hybridized carbons (Fsp3) is 0.464. The van der Waals surface area contributed by atoms with E-state index in [0.717, 1.165) is 35.1 Å². The molecule has 1 unspecified atom stereocenters. The molecule has 0 spiro atoms. The van der Waals surface area contributed by atoms with Crippen molar-refractivity contribution in [3.05, 3.63) is 59.7 Å². The van der Waals surface area contributed by atoms with E-state index in [0.29, 0.717) is 0 Å². The topological polar surface area (TPSA) is 105 Å². The molecule has 0 aliphatic heterocycles. The lowest BCUT2D eigenvalue weighted by Crippen LogP contribution is -2.51. The standard InChI is InChI=1S/C28H34N2O5/c1-17(2)24(14-25(31)30-28(3,15-26(32)33)18-12-13-18)29-27(34)35-16-23-21-10-6-4-8-19(21)20-9-5-7-11-22(20)23/h4-11,17-18,23-24H,12-16H2,1-3H3,(H,29,34)(H,30,31)(H,32,33)/t24-,28?/m1/s1. The highest BCUT2D eigenvalue weighted by molar-refractivity contribution is 5.80. The summed E-state index contributed by atoms with van der Waals surface area (Å²) in [5.41, 5.74) is 3.83. The van der Waals surface area contributed by atoms with Gasteiger partial charge in [-0.2, -0.15) is 0 Å². The Balaban J connectivity index is 1.36. The van der Waals surface area contributed by atoms with Crippen LogP contribution in [0.25, 0.3) is 11.1 Å². The van der Waals surface area contributed by atoms with E-state index < -0.39 is 23.6 Å². The number of benzene rings is 2. The molecule has 2 aromatic carbocycles. The number of carboxylic acid groups (broad SMARTS) is 1. The number of ether oxygens (including phenoxy) is 1. The molecule has 186 valence electrons. The first-order chi connectivity index (χ1) is 16.7. The van der Waals surface area contributed by atoms with Gasteiger partial charge in [-0.15, -0.1) is 0 Å². The van der Waals surface area contributed by atoms with Crippen LogP contribution in [0.3, 0.4) is 0 Å². The highest BCUT2D eigenvalue weighted by atomic mass is 16.5. The zero-order chi connectivity index (χ0) is 25.2. The molecule has 0 radical (unpaired) electrons. The molecule has 0 aromatic heterocycles. The summed E-state index contributed by atoms with van der Waals surface area (Å²) in [6.45, 7) is 5.85. The van der Waals surface area contributed by atoms with E-state index in [1.54, 1.807) is 6.92 Å². The lowest BCUT2D eigenvalue weighted by Gasteiger charge is -2.31. The molecule has 1 saturated carbocycles. The lowest BCUT2D eigenvalue weighted by molar-refractivity contribution is -0.139. The van der Waals surface area contributed by atoms with Crippen molar-refractivity contribution in [2.24, 2.45) is 11.8 Å². The number of carboxylic acids is 1. The maximum absolute atomic E-state index is 12.8. The van der Waals surface area contributed by atoms with Crippen molar-refractivity contribution < 1.29 is 24.2 Å². The smallest absolute Gasteiger partial charge is 0.407 e. The Morgan fingerprint density at radius 3 is 2.11 bits per heavy atom. The Hall–Kier alpha value is -3.35. The molecule has 2 amide bonds. The fourth-order valence-electron chi connectivity index (χ4n) is 5.14. The summed E-state index contributed by atoms with van der Waals surface area (Å²) in [7, 11) is 0. The Bertz CT molecular complexity index is 1060. The van der Waals surface area contributed by atoms with E-state index >= 15 is 0 Å². The largest absolute Gasteiger partial charge is 0.481 e. The maximum atomic E-state index is 12.8. The van der Waals surface area contributed by atoms with Crippen LogP contribution in [0.15, 0.2) is 48.5 Å². The summed E-state index contributed by atoms with van der Waals surface area (Å²) in [5, 5.41) is 15.1. The number of hydrogen-bond donors (Lipinski definition) is 3. The predicted octanol–water partition coefficient (Wildman–Crippen LogP) is 4.70. The second kappa shape index (κ2) is 10.1. The molecule has 2 aliphatic rings. The molecule has 0 saturated heterocycles. The van der Waals surface area contributed by atoms with Gasteiger partial charge in [0.1, 0.15) is 6.61 Å². The molecule has 35 heavy (non-hydrogen) atoms. The Morgan fingerprint density at radius 2 is 1.60 bits per heavy atom. The SMILES string of the molecule is CC(C)[C@@H](CC(=O)NC(C)(CC(=O)O)C1CC1)NC(=O)OCC1c2ccccc2-c2ccccc21. The quantitative estimate of drug-likeness (QED) is 0.459. The van der Waals surface area contributed by atoms with E-state index in [2.05, 4.69) is 34.9 Å². The van der Waals surface area contributed by atoms with E-state index in [4.69, 9.17) is 4.74 Å². The monoisotopic (exact) mass is 478 g/mol. The lowest BCUT2D eigenvalue weighted by atomic mass is 9.90. The van der Waals surface area contributed by atoms with Gasteiger partial charge in [-0.05, 0) is 53.9 Å². The second-order valence-corrected chi connectivity index (χ2v) is 10.3. The molecule has 2 atom stereocenters. The number of amides is 2. The Kier molecular flexibility index (Phi) is 7.15. The van der Waals surface area contributed by atoms with Gasteiger partial charge >= 0.3 is 12.1 Å². The van der Waals surface area contributed by atoms with Gasteiger partial charge in [-0.25, -0.2) is 4.79 Å². The van der Waals surface area contributed by atoms with Crippen LogP contribution >= 0.6 is 0 Å². The van der Waals surface area contributed by atoms with E-state index in [1.165, 1.54) is 0 Å². The molecule has 7 nitrogen and oxygen atoms in total. The van der Waals surface area contributed by atoms with Crippen molar-refractivity contribution >= 4 is 18.0 Å². The summed E-state index contributed by atoms with van der Waals surface area (Å²) in [4.78, 5) is 36.9. The number of carbonyl (C=O) groups excluding carboxylic acids is 2. The van der Waals surface area contributed by atoms with Gasteiger partial charge in [0.25, 0.3) is 0 Å². The summed E-state index contributed by atoms with van der Waals surface area (Å²) in [5.74, 6) is -1.07. The van der Waals surface area contributed by atoms with E-state index in [9.17, 15) is 19.5 Å². The van der Waals surface area contributed by atoms with Gasteiger partial charge in [-0.3, -0.25) is 9.59 Å². The summed E-state index contributed by atoms with van der Waals surface area (Å²) < 4.78 is 5.64. The molecule has 7 heteroatoms. The Labute approximate surface area is 206 Å². The van der Waals surface area contributed by atoms with Crippen LogP contribution in [0, 0.1) is 11.8 Å². The van der Waals surface area contributed by atoms with Crippen molar-refractivity contribution in [2.75, 3.05) is 6.61 Å². The third-order valence-corrected chi connectivity index (χ3v) is 7.28. The molecule has 1 fully saturated rings. The van der Waals surface area contributed by atoms with E-state index in [-0.39, 0.29) is 43.1 Å². The molecule has 2 aliphatic carbocycles. The normalized spacial score (nSPS) is 17.1. The van der Waals surface area contributed by atoms with Gasteiger partial charge in [0, 0.05) is 18.4 Å². The third-order valence-electron chi connectivity index (χ3n) is 7.28. The Morgan fingerprint density at radius 1 is 1.03 bits per heavy atom. The predicted molar refractivity (Wildman–Crippen MR) is 133 cm³/mol. The molecule has 4 rings (SSSR count). The number of rotatable bonds is 10. The first kappa shape index (κ1) is 24.8. The zero-order valence-corrected chi connectivity index (χ0v) is 20.5. The number of fused-ring (bicyclic) bond motifs is 3. The molecular formula is C28H34N2O5. The van der Waals surface area contributed by atoms with Crippen molar-refractivity contribution in [3.63, 3.8) is 0 Å². The summed E-state index contributed by atoms with van der Waals surface area (Å²) in [6.07, 6.45) is 1.21. The second-order valence-electron chi connectivity index (χ2n) is 10.3. The fourth-order valence-corrected chi connectivity index (χ4v) is 5.14. The average molecular weight is 479 g/mol. The van der Waals surface area contributed by atoms with Crippen LogP contribution in [-0.2, 0) is 14.3 Å². The van der Waals surface area contributed by atoms with Crippen molar-refractivity contribution in [2.45, 2.75) is 64.0 Å². The van der Waals surface area contributed by atoms with Crippen LogP contribution in [0.4, 0.5) is 4.79 Å². The summed E-state index contributed by atoms with van der Waals surface area (Å²) in [6, 6.07) is 15.9. The number of hydrogen-bond acceptors (Lipinski definition) is 4. The van der Waals surface area contributed by atoms with Crippen LogP contribution in [0.1, 0.15) is 63.5 Å². The van der Waals surface area contributed by atoms with Crippen LogP contribution < -0.4 is 10.6 Å². The van der Waals surface area contributed by atoms with Gasteiger partial charge in [0.05, 0.1) is 12.0 Å². The minimum atomic E-state index is -0.933. The van der Waals surface area contributed by atoms with Crippen molar-refractivity contribution in [1.82, 2.24) is 10.6 Å². The number of alkyl carbamates (subject to hydrolysis) is 1. The highest BCUT2D eigenvalue weighted by Gasteiger charge is 2.44. The minimum Gasteiger partial charge on any atom is -0.481 e. The van der Waals surface area contributed by atoms with E-state index in [1.807, 2.05) is 38.1 Å². The van der Waals surface area contributed by atoms with Gasteiger partial charge < -0.3 is 20.5 Å². The molecule has 2 aromatic rings. The van der Waals surface area contributed by atoms with Crippen molar-refractivity contribution in [3.8, 4) is 11.1 Å². The minimum absolute atomic E-state index is 0.00659. The van der Waals surface area contributed by atoms with Crippen molar-refractivity contribution in [1.29, 1.82) is 0 Å². The maximum Gasteiger partial charge on any atom is 0.407 e. The highest BCUT2D eigenvalue weighted by Crippen LogP contribution is 2.44. The van der Waals surface area contributed by atoms with Gasteiger partial charge in [0.2, 0.25) is 5.91 Å². The van der Waals surface area contributed by atoms with Crippen LogP contribution in [0.2, 0.25) is 0 Å². The summed E-state index contributed by atoms with van der Waals surface area (Å²) >= 11 is 0. The molecule has 0 heterocycles. The average Bonchev–Trinajstić information content (AvgIpc) is 3.61. The molecule has 3 N–H and O–H groups in total. The number of nitrogens with one attached hydrogen (secondary N) is 2. The van der Waals surface area contributed by atoms with Crippen LogP contribution in [0.5, 0.6) is 0 Å². The number of aliphatic carboxylic acids is 1. The van der Waals surface area contributed by atoms with Gasteiger partial charge in [0.15, 0.2) is 0 Å². The first-order valence-corrected chi connectivity index (χ1v) is 12.3.